The lowest BCUT2D eigenvalue weighted by Crippen LogP contribution is -2.62. The quantitative estimate of drug-likeness (QED) is 0.183. The van der Waals surface area contributed by atoms with Crippen molar-refractivity contribution < 1.29 is 37.3 Å². The Labute approximate surface area is 283 Å². The molecular formula is C32H47F2N7O6S. The van der Waals surface area contributed by atoms with Crippen LogP contribution in [0.2, 0.25) is 0 Å². The van der Waals surface area contributed by atoms with Gasteiger partial charge in [-0.15, -0.1) is 0 Å². The molecule has 1 aliphatic heterocycles. The molecule has 3 unspecified atom stereocenters. The molecule has 16 heteroatoms. The molecule has 48 heavy (non-hydrogen) atoms. The summed E-state index contributed by atoms with van der Waals surface area (Å²) in [7, 11) is 0. The van der Waals surface area contributed by atoms with Crippen LogP contribution in [0.3, 0.4) is 0 Å². The van der Waals surface area contributed by atoms with Crippen LogP contribution in [0.25, 0.3) is 0 Å². The first kappa shape index (κ1) is 37.4. The predicted octanol–water partition coefficient (Wildman–Crippen LogP) is 2.38. The number of aromatic nitrogens is 2. The number of fused-ring (bicyclic) bond motifs is 1. The number of hydrogen-bond donors (Lipinski definition) is 5. The second-order valence-corrected chi connectivity index (χ2v) is 15.2. The maximum atomic E-state index is 14.4. The van der Waals surface area contributed by atoms with Crippen molar-refractivity contribution in [1.29, 1.82) is 0 Å². The molecule has 266 valence electrons. The normalized spacial score (nSPS) is 23.2. The number of nitrogens with one attached hydrogen (secondary N) is 4. The standard InChI is InChI=1S/C32H47F2N7O6S/c1-16(2)23(39-27(42)21-14-35-11-12-36-21)28(43)40-26(32(3,4)5)31(46)41-15-17-7-6-8-19(17)24(41)29(44)38-20(13-22(33)34)25(48-47)30(45)37-18-9-10-18/h11-12,14,16-20,22-26,47H,6-10,13,15H2,1-5H3,(H,37,45)(H,38,44)(H,39,42)(H,40,43)/t17-,19-,20?,23-,24?,25?,26+/m0/s1. The number of likely N-dealkylation sites (tertiary alicyclic amines) is 1. The van der Waals surface area contributed by atoms with Crippen LogP contribution in [-0.2, 0) is 19.2 Å². The Morgan fingerprint density at radius 1 is 1.02 bits per heavy atom. The molecule has 2 aliphatic carbocycles. The van der Waals surface area contributed by atoms with Gasteiger partial charge in [-0.25, -0.2) is 13.8 Å². The van der Waals surface area contributed by atoms with Crippen LogP contribution in [0.5, 0.6) is 0 Å². The van der Waals surface area contributed by atoms with Crippen molar-refractivity contribution in [3.8, 4) is 0 Å². The van der Waals surface area contributed by atoms with Crippen LogP contribution in [0, 0.1) is 23.2 Å². The van der Waals surface area contributed by atoms with E-state index >= 15 is 0 Å². The third-order valence-electron chi connectivity index (χ3n) is 9.29. The Kier molecular flexibility index (Phi) is 12.4. The van der Waals surface area contributed by atoms with E-state index in [1.54, 1.807) is 34.6 Å². The highest BCUT2D eigenvalue weighted by Crippen LogP contribution is 2.43. The lowest BCUT2D eigenvalue weighted by Gasteiger charge is -2.37. The molecule has 0 spiro atoms. The number of alkyl halides is 2. The zero-order valence-electron chi connectivity index (χ0n) is 27.9. The minimum Gasteiger partial charge on any atom is -0.352 e. The highest BCUT2D eigenvalue weighted by atomic mass is 32.2. The highest BCUT2D eigenvalue weighted by Gasteiger charge is 2.52. The fourth-order valence-electron chi connectivity index (χ4n) is 6.61. The molecule has 5 amide bonds. The van der Waals surface area contributed by atoms with Crippen LogP contribution < -0.4 is 21.3 Å². The minimum absolute atomic E-state index is 0.00886. The fraction of sp³-hybridized carbons (Fsp3) is 0.719. The van der Waals surface area contributed by atoms with E-state index in [1.807, 2.05) is 0 Å². The largest absolute Gasteiger partial charge is 0.352 e. The number of carbonyl (C=O) groups is 5. The summed E-state index contributed by atoms with van der Waals surface area (Å²) in [5, 5.41) is 9.43. The van der Waals surface area contributed by atoms with E-state index in [4.69, 9.17) is 0 Å². The minimum atomic E-state index is -2.87. The van der Waals surface area contributed by atoms with E-state index < -0.39 is 77.2 Å². The van der Waals surface area contributed by atoms with Crippen molar-refractivity contribution in [1.82, 2.24) is 36.1 Å². The van der Waals surface area contributed by atoms with Crippen molar-refractivity contribution in [3.05, 3.63) is 24.3 Å². The van der Waals surface area contributed by atoms with Crippen LogP contribution >= 0.6 is 12.0 Å². The third-order valence-corrected chi connectivity index (χ3v) is 10.1. The van der Waals surface area contributed by atoms with Crippen molar-refractivity contribution in [2.24, 2.45) is 23.2 Å². The topological polar surface area (TPSA) is 183 Å². The number of nitrogens with zero attached hydrogens (tertiary/aromatic N) is 3. The van der Waals surface area contributed by atoms with Gasteiger partial charge in [0, 0.05) is 43.4 Å². The van der Waals surface area contributed by atoms with E-state index in [9.17, 15) is 37.3 Å². The molecular weight excluding hydrogens is 648 g/mol. The van der Waals surface area contributed by atoms with Crippen LogP contribution in [0.15, 0.2) is 18.6 Å². The Morgan fingerprint density at radius 2 is 1.73 bits per heavy atom. The van der Waals surface area contributed by atoms with Gasteiger partial charge in [0.15, 0.2) is 0 Å². The number of carbonyl (C=O) groups excluding carboxylic acids is 5. The molecule has 3 fully saturated rings. The fourth-order valence-corrected chi connectivity index (χ4v) is 7.10. The number of amides is 5. The summed E-state index contributed by atoms with van der Waals surface area (Å²) in [6.45, 7) is 9.03. The van der Waals surface area contributed by atoms with Crippen LogP contribution in [-0.4, -0.2) is 97.4 Å². The van der Waals surface area contributed by atoms with Crippen LogP contribution in [0.4, 0.5) is 8.78 Å². The zero-order valence-corrected chi connectivity index (χ0v) is 28.8. The van der Waals surface area contributed by atoms with Gasteiger partial charge in [-0.3, -0.25) is 29.0 Å². The van der Waals surface area contributed by atoms with Crippen molar-refractivity contribution >= 4 is 41.6 Å². The van der Waals surface area contributed by atoms with Crippen molar-refractivity contribution in [2.75, 3.05) is 6.54 Å². The van der Waals surface area contributed by atoms with Gasteiger partial charge in [0.2, 0.25) is 30.1 Å². The van der Waals surface area contributed by atoms with Gasteiger partial charge in [0.25, 0.3) is 5.91 Å². The van der Waals surface area contributed by atoms with E-state index in [1.165, 1.54) is 23.5 Å². The molecule has 1 saturated heterocycles. The lowest BCUT2D eigenvalue weighted by molar-refractivity contribution is -0.145. The van der Waals surface area contributed by atoms with E-state index in [0.29, 0.717) is 6.42 Å². The van der Waals surface area contributed by atoms with Gasteiger partial charge in [0.1, 0.15) is 29.1 Å². The summed E-state index contributed by atoms with van der Waals surface area (Å²) >= 11 is 0.106. The molecule has 1 aromatic rings. The second-order valence-electron chi connectivity index (χ2n) is 14.4. The van der Waals surface area contributed by atoms with Crippen LogP contribution in [0.1, 0.15) is 83.6 Å². The van der Waals surface area contributed by atoms with Gasteiger partial charge < -0.3 is 30.7 Å². The average molecular weight is 696 g/mol. The molecule has 0 bridgehead atoms. The van der Waals surface area contributed by atoms with Crippen molar-refractivity contribution in [3.63, 3.8) is 0 Å². The SMILES string of the molecule is CC(C)[C@H](NC(=O)c1cnccn1)C(=O)N[C@H](C(=O)N1C[C@@H]2CCC[C@@H]2C1C(=O)NC(CC(F)F)C(SO)C(=O)NC1CC1)C(C)(C)C. The first-order valence-electron chi connectivity index (χ1n) is 16.5. The smallest absolute Gasteiger partial charge is 0.272 e. The molecule has 0 radical (unpaired) electrons. The van der Waals surface area contributed by atoms with E-state index in [2.05, 4.69) is 31.2 Å². The Hall–Kier alpha value is -3.40. The molecule has 5 N–H and O–H groups in total. The summed E-state index contributed by atoms with van der Waals surface area (Å²) < 4.78 is 37.4. The monoisotopic (exact) mass is 695 g/mol. The second kappa shape index (κ2) is 15.9. The zero-order chi connectivity index (χ0) is 35.3. The first-order valence-corrected chi connectivity index (χ1v) is 17.3. The Morgan fingerprint density at radius 3 is 2.29 bits per heavy atom. The van der Waals surface area contributed by atoms with Gasteiger partial charge in [-0.1, -0.05) is 41.0 Å². The molecule has 7 atom stereocenters. The molecule has 2 heterocycles. The molecule has 1 aromatic heterocycles. The summed E-state index contributed by atoms with van der Waals surface area (Å²) in [6.07, 6.45) is 4.05. The summed E-state index contributed by atoms with van der Waals surface area (Å²) in [4.78, 5) is 77.1. The van der Waals surface area contributed by atoms with Gasteiger partial charge >= 0.3 is 0 Å². The molecule has 3 aliphatic rings. The predicted molar refractivity (Wildman–Crippen MR) is 174 cm³/mol. The molecule has 4 rings (SSSR count). The van der Waals surface area contributed by atoms with Gasteiger partial charge in [-0.2, -0.15) is 0 Å². The van der Waals surface area contributed by atoms with Gasteiger partial charge in [-0.05, 0) is 48.9 Å². The average Bonchev–Trinajstić information content (AvgIpc) is 3.57. The number of halogens is 2. The van der Waals surface area contributed by atoms with Crippen molar-refractivity contribution in [2.45, 2.75) is 115 Å². The summed E-state index contributed by atoms with van der Waals surface area (Å²) in [5.41, 5.74) is -0.812. The highest BCUT2D eigenvalue weighted by molar-refractivity contribution is 7.95. The number of hydrogen-bond acceptors (Lipinski definition) is 9. The van der Waals surface area contributed by atoms with Gasteiger partial charge in [0.05, 0.1) is 12.2 Å². The maximum absolute atomic E-state index is 14.4. The molecule has 2 saturated carbocycles. The summed E-state index contributed by atoms with van der Waals surface area (Å²) in [5.74, 6) is -3.67. The third kappa shape index (κ3) is 9.18. The van der Waals surface area contributed by atoms with E-state index in [-0.39, 0.29) is 48.1 Å². The van der Waals surface area contributed by atoms with E-state index in [0.717, 1.165) is 25.7 Å². The molecule has 13 nitrogen and oxygen atoms in total. The Bertz CT molecular complexity index is 1330. The Balaban J connectivity index is 1.56. The lowest BCUT2D eigenvalue weighted by atomic mass is 9.85. The number of rotatable bonds is 14. The maximum Gasteiger partial charge on any atom is 0.272 e. The first-order chi connectivity index (χ1) is 22.6. The molecule has 0 aromatic carbocycles. The summed E-state index contributed by atoms with van der Waals surface area (Å²) in [6, 6.07) is -4.65.